The lowest BCUT2D eigenvalue weighted by atomic mass is 10.3. The summed E-state index contributed by atoms with van der Waals surface area (Å²) in [5, 5.41) is 2.60. The van der Waals surface area contributed by atoms with E-state index in [1.165, 1.54) is 14.0 Å². The molecule has 1 N–H and O–H groups in total. The van der Waals surface area contributed by atoms with E-state index in [-0.39, 0.29) is 5.91 Å². The number of halogens is 1. The first-order valence-electron chi connectivity index (χ1n) is 6.83. The zero-order valence-corrected chi connectivity index (χ0v) is 14.4. The maximum atomic E-state index is 11.9. The number of carbonyl (C=O) groups is 2. The van der Waals surface area contributed by atoms with Crippen molar-refractivity contribution in [3.05, 3.63) is 28.7 Å². The van der Waals surface area contributed by atoms with Gasteiger partial charge in [0.05, 0.1) is 6.61 Å². The number of methoxy groups -OCH3 is 1. The topological polar surface area (TPSA) is 73.9 Å². The van der Waals surface area contributed by atoms with Crippen LogP contribution in [0.3, 0.4) is 0 Å². The summed E-state index contributed by atoms with van der Waals surface area (Å²) in [6, 6.07) is 7.07. The van der Waals surface area contributed by atoms with Gasteiger partial charge in [-0.2, -0.15) is 0 Å². The molecule has 7 heteroatoms. The van der Waals surface area contributed by atoms with Gasteiger partial charge in [0, 0.05) is 18.1 Å². The number of ether oxygens (including phenoxy) is 3. The van der Waals surface area contributed by atoms with E-state index in [1.54, 1.807) is 31.2 Å². The molecule has 0 aliphatic heterocycles. The Labute approximate surface area is 138 Å². The molecule has 0 spiro atoms. The fourth-order valence-corrected chi connectivity index (χ4v) is 1.77. The molecular weight excluding hydrogens is 354 g/mol. The average molecular weight is 374 g/mol. The van der Waals surface area contributed by atoms with Crippen molar-refractivity contribution >= 4 is 27.8 Å². The van der Waals surface area contributed by atoms with Crippen LogP contribution < -0.4 is 10.1 Å². The molecule has 2 atom stereocenters. The summed E-state index contributed by atoms with van der Waals surface area (Å²) in [5.41, 5.74) is 0. The third-order valence-electron chi connectivity index (χ3n) is 2.73. The molecule has 1 aromatic carbocycles. The van der Waals surface area contributed by atoms with E-state index >= 15 is 0 Å². The number of esters is 1. The Morgan fingerprint density at radius 2 is 1.82 bits per heavy atom. The van der Waals surface area contributed by atoms with Crippen molar-refractivity contribution in [2.75, 3.05) is 20.3 Å². The molecule has 0 aliphatic carbocycles. The SMILES string of the molecule is COCCNC(=O)[C@H](C)OC(=O)[C@H](C)Oc1ccc(Br)cc1. The number of hydrogen-bond acceptors (Lipinski definition) is 5. The van der Waals surface area contributed by atoms with E-state index in [1.807, 2.05) is 0 Å². The summed E-state index contributed by atoms with van der Waals surface area (Å²) in [6.45, 7) is 3.84. The van der Waals surface area contributed by atoms with Crippen molar-refractivity contribution in [3.63, 3.8) is 0 Å². The van der Waals surface area contributed by atoms with Gasteiger partial charge in [0.2, 0.25) is 0 Å². The summed E-state index contributed by atoms with van der Waals surface area (Å²) in [7, 11) is 1.54. The zero-order chi connectivity index (χ0) is 16.5. The maximum absolute atomic E-state index is 11.9. The largest absolute Gasteiger partial charge is 0.479 e. The normalized spacial score (nSPS) is 13.1. The monoisotopic (exact) mass is 373 g/mol. The van der Waals surface area contributed by atoms with Gasteiger partial charge in [-0.05, 0) is 38.1 Å². The molecule has 0 saturated heterocycles. The van der Waals surface area contributed by atoms with Crippen LogP contribution in [-0.2, 0) is 19.1 Å². The molecule has 0 bridgehead atoms. The van der Waals surface area contributed by atoms with Crippen LogP contribution in [0.2, 0.25) is 0 Å². The van der Waals surface area contributed by atoms with E-state index in [9.17, 15) is 9.59 Å². The van der Waals surface area contributed by atoms with Crippen LogP contribution in [0.15, 0.2) is 28.7 Å². The molecular formula is C15H20BrNO5. The maximum Gasteiger partial charge on any atom is 0.347 e. The molecule has 0 aromatic heterocycles. The summed E-state index contributed by atoms with van der Waals surface area (Å²) >= 11 is 3.31. The van der Waals surface area contributed by atoms with Gasteiger partial charge >= 0.3 is 5.97 Å². The van der Waals surface area contributed by atoms with Gasteiger partial charge in [0.1, 0.15) is 5.75 Å². The second-order valence-electron chi connectivity index (χ2n) is 4.58. The summed E-state index contributed by atoms with van der Waals surface area (Å²) in [5.74, 6) is -0.427. The second-order valence-corrected chi connectivity index (χ2v) is 5.49. The average Bonchev–Trinajstić information content (AvgIpc) is 2.49. The fraction of sp³-hybridized carbons (Fsp3) is 0.467. The molecule has 0 fully saturated rings. The minimum Gasteiger partial charge on any atom is -0.479 e. The number of hydrogen-bond donors (Lipinski definition) is 1. The lowest BCUT2D eigenvalue weighted by Crippen LogP contribution is -2.39. The van der Waals surface area contributed by atoms with E-state index in [2.05, 4.69) is 21.2 Å². The van der Waals surface area contributed by atoms with Gasteiger partial charge in [-0.15, -0.1) is 0 Å². The Morgan fingerprint density at radius 1 is 1.18 bits per heavy atom. The van der Waals surface area contributed by atoms with Crippen molar-refractivity contribution in [1.82, 2.24) is 5.32 Å². The van der Waals surface area contributed by atoms with Crippen LogP contribution in [0.4, 0.5) is 0 Å². The van der Waals surface area contributed by atoms with Crippen LogP contribution in [0.1, 0.15) is 13.8 Å². The predicted molar refractivity (Wildman–Crippen MR) is 84.7 cm³/mol. The van der Waals surface area contributed by atoms with Crippen LogP contribution >= 0.6 is 15.9 Å². The molecule has 1 aromatic rings. The standard InChI is InChI=1S/C15H20BrNO5/c1-10(14(18)17-8-9-20-3)22-15(19)11(2)21-13-6-4-12(16)5-7-13/h4-7,10-11H,8-9H2,1-3H3,(H,17,18)/t10-,11-/m0/s1. The number of carbonyl (C=O) groups excluding carboxylic acids is 2. The molecule has 0 unspecified atom stereocenters. The van der Waals surface area contributed by atoms with Crippen molar-refractivity contribution in [2.45, 2.75) is 26.1 Å². The first-order chi connectivity index (χ1) is 10.4. The number of amides is 1. The highest BCUT2D eigenvalue weighted by Gasteiger charge is 2.22. The Hall–Kier alpha value is -1.60. The second kappa shape index (κ2) is 9.42. The van der Waals surface area contributed by atoms with Crippen molar-refractivity contribution in [1.29, 1.82) is 0 Å². The van der Waals surface area contributed by atoms with Crippen LogP contribution in [0, 0.1) is 0 Å². The first kappa shape index (κ1) is 18.4. The van der Waals surface area contributed by atoms with E-state index < -0.39 is 18.2 Å². The smallest absolute Gasteiger partial charge is 0.347 e. The number of rotatable bonds is 8. The van der Waals surface area contributed by atoms with E-state index in [4.69, 9.17) is 14.2 Å². The predicted octanol–water partition coefficient (Wildman–Crippen LogP) is 1.91. The summed E-state index contributed by atoms with van der Waals surface area (Å²) < 4.78 is 16.3. The lowest BCUT2D eigenvalue weighted by molar-refractivity contribution is -0.160. The van der Waals surface area contributed by atoms with Crippen molar-refractivity contribution < 1.29 is 23.8 Å². The molecule has 0 radical (unpaired) electrons. The van der Waals surface area contributed by atoms with Crippen LogP contribution in [0.25, 0.3) is 0 Å². The van der Waals surface area contributed by atoms with Gasteiger partial charge in [-0.25, -0.2) is 4.79 Å². The van der Waals surface area contributed by atoms with Crippen LogP contribution in [-0.4, -0.2) is 44.3 Å². The lowest BCUT2D eigenvalue weighted by Gasteiger charge is -2.17. The molecule has 1 rings (SSSR count). The minimum atomic E-state index is -0.889. The first-order valence-corrected chi connectivity index (χ1v) is 7.62. The van der Waals surface area contributed by atoms with E-state index in [0.717, 1.165) is 4.47 Å². The van der Waals surface area contributed by atoms with Gasteiger partial charge in [-0.3, -0.25) is 4.79 Å². The van der Waals surface area contributed by atoms with Gasteiger partial charge < -0.3 is 19.5 Å². The van der Waals surface area contributed by atoms with E-state index in [0.29, 0.717) is 18.9 Å². The molecule has 6 nitrogen and oxygen atoms in total. The third-order valence-corrected chi connectivity index (χ3v) is 3.25. The zero-order valence-electron chi connectivity index (χ0n) is 12.8. The van der Waals surface area contributed by atoms with Crippen molar-refractivity contribution in [3.8, 4) is 5.75 Å². The Kier molecular flexibility index (Phi) is 7.90. The Bertz CT molecular complexity index is 491. The van der Waals surface area contributed by atoms with Crippen molar-refractivity contribution in [2.24, 2.45) is 0 Å². The fourth-order valence-electron chi connectivity index (χ4n) is 1.51. The summed E-state index contributed by atoms with van der Waals surface area (Å²) in [4.78, 5) is 23.6. The van der Waals surface area contributed by atoms with Gasteiger partial charge in [0.25, 0.3) is 5.91 Å². The number of nitrogens with one attached hydrogen (secondary N) is 1. The molecule has 22 heavy (non-hydrogen) atoms. The highest BCUT2D eigenvalue weighted by Crippen LogP contribution is 2.17. The molecule has 1 amide bonds. The Morgan fingerprint density at radius 3 is 2.41 bits per heavy atom. The molecule has 0 heterocycles. The van der Waals surface area contributed by atoms with Crippen LogP contribution in [0.5, 0.6) is 5.75 Å². The van der Waals surface area contributed by atoms with Gasteiger partial charge in [0.15, 0.2) is 12.2 Å². The Balaban J connectivity index is 2.42. The molecule has 0 aliphatic rings. The molecule has 0 saturated carbocycles. The highest BCUT2D eigenvalue weighted by molar-refractivity contribution is 9.10. The summed E-state index contributed by atoms with van der Waals surface area (Å²) in [6.07, 6.45) is -1.70. The highest BCUT2D eigenvalue weighted by atomic mass is 79.9. The quantitative estimate of drug-likeness (QED) is 0.556. The van der Waals surface area contributed by atoms with Gasteiger partial charge in [-0.1, -0.05) is 15.9 Å². The third kappa shape index (κ3) is 6.44. The number of benzene rings is 1. The minimum absolute atomic E-state index is 0.363. The molecule has 122 valence electrons.